The Labute approximate surface area is 414 Å². The van der Waals surface area contributed by atoms with Crippen molar-refractivity contribution in [2.45, 2.75) is 119 Å². The van der Waals surface area contributed by atoms with E-state index >= 15 is 0 Å². The average Bonchev–Trinajstić information content (AvgIpc) is 3.27. The molecular weight excluding hydrogens is 1010 g/mol. The third-order valence-electron chi connectivity index (χ3n) is 9.35. The number of primary amides is 2. The maximum absolute atomic E-state index is 13.5. The number of aliphatic hydroxyl groups is 2. The van der Waals surface area contributed by atoms with Crippen molar-refractivity contribution in [2.75, 3.05) is 13.2 Å². The van der Waals surface area contributed by atoms with Crippen molar-refractivity contribution in [1.29, 1.82) is 0 Å². The van der Waals surface area contributed by atoms with E-state index in [-0.39, 0.29) is 0 Å². The summed E-state index contributed by atoms with van der Waals surface area (Å²) in [6, 6.07) is -18.9. The highest BCUT2D eigenvalue weighted by Crippen LogP contribution is 2.07. The lowest BCUT2D eigenvalue weighted by atomic mass is 10.1. The molecule has 0 aromatic rings. The highest BCUT2D eigenvalue weighted by molar-refractivity contribution is 6.01. The van der Waals surface area contributed by atoms with Crippen LogP contribution in [0.15, 0.2) is 0 Å². The summed E-state index contributed by atoms with van der Waals surface area (Å²) in [5.74, 6) is -25.7. The van der Waals surface area contributed by atoms with Crippen molar-refractivity contribution in [3.05, 3.63) is 0 Å². The maximum atomic E-state index is 13.5. The van der Waals surface area contributed by atoms with Crippen LogP contribution in [0.1, 0.15) is 64.7 Å². The lowest BCUT2D eigenvalue weighted by Gasteiger charge is -2.27. The van der Waals surface area contributed by atoms with E-state index in [0.717, 1.165) is 6.92 Å². The van der Waals surface area contributed by atoms with Gasteiger partial charge in [0, 0.05) is 19.8 Å². The first-order valence-electron chi connectivity index (χ1n) is 21.1. The summed E-state index contributed by atoms with van der Waals surface area (Å²) in [7, 11) is 0. The monoisotopic (exact) mass is 1070 g/mol. The Kier molecular flexibility index (Phi) is 28.1. The number of hydrogen-bond donors (Lipinski definition) is 19. The number of carboxylic acid groups (broad SMARTS) is 6. The van der Waals surface area contributed by atoms with Crippen LogP contribution in [0.4, 0.5) is 0 Å². The van der Waals surface area contributed by atoms with Gasteiger partial charge < -0.3 is 100 Å². The van der Waals surface area contributed by atoms with Crippen LogP contribution in [0.2, 0.25) is 0 Å². The number of carbonyl (C=O) groups is 17. The van der Waals surface area contributed by atoms with Crippen molar-refractivity contribution in [2.24, 2.45) is 11.5 Å². The molecule has 0 saturated heterocycles. The molecule has 11 amide bonds. The van der Waals surface area contributed by atoms with Gasteiger partial charge in [0.15, 0.2) is 0 Å². The van der Waals surface area contributed by atoms with Gasteiger partial charge in [0.25, 0.3) is 0 Å². The molecule has 0 radical (unpaired) electrons. The molecule has 36 nitrogen and oxygen atoms in total. The molecule has 21 N–H and O–H groups in total. The first-order chi connectivity index (χ1) is 34.3. The molecule has 0 rings (SSSR count). The molecule has 412 valence electrons. The second-order valence-electron chi connectivity index (χ2n) is 15.4. The molecule has 36 heteroatoms. The number of nitrogens with two attached hydrogens (primary N) is 2. The van der Waals surface area contributed by atoms with Gasteiger partial charge in [-0.25, -0.2) is 4.79 Å². The van der Waals surface area contributed by atoms with Gasteiger partial charge in [-0.05, 0) is 12.8 Å². The molecule has 0 aliphatic carbocycles. The van der Waals surface area contributed by atoms with Crippen LogP contribution in [0.5, 0.6) is 0 Å². The maximum Gasteiger partial charge on any atom is 0.326 e. The zero-order chi connectivity index (χ0) is 57.2. The van der Waals surface area contributed by atoms with Crippen molar-refractivity contribution in [3.8, 4) is 0 Å². The van der Waals surface area contributed by atoms with E-state index in [1.165, 1.54) is 0 Å². The first kappa shape index (κ1) is 64.9. The number of nitrogens with one attached hydrogen (secondary N) is 9. The summed E-state index contributed by atoms with van der Waals surface area (Å²) in [6.07, 6.45) is -9.21. The molecule has 74 heavy (non-hydrogen) atoms. The summed E-state index contributed by atoms with van der Waals surface area (Å²) in [5, 5.41) is 92.5. The van der Waals surface area contributed by atoms with Crippen LogP contribution in [0.25, 0.3) is 0 Å². The predicted octanol–water partition coefficient (Wildman–Crippen LogP) is -10.7. The van der Waals surface area contributed by atoms with Crippen molar-refractivity contribution < 1.29 is 122 Å². The SMILES string of the molecule is CC(=O)N[C@H](CC(N)=O)C(=O)N[C@H](CC(=O)O)C(=O)N[C@H](CO)C(=O)N[C@H](CCC(=O)O)C(=O)N[C@H](CC(=O)O)C(=O)N[C@H](CC(N)=O)C(=O)N[C@H](CO)C(=O)N[C@H](CC(=O)O)C(=O)N[C@H](CCC(=O)O)C(=O)O. The number of aliphatic hydroxyl groups excluding tert-OH is 2. The molecule has 0 aromatic carbocycles. The van der Waals surface area contributed by atoms with Crippen molar-refractivity contribution >= 4 is 101 Å². The van der Waals surface area contributed by atoms with E-state index in [9.17, 15) is 117 Å². The fraction of sp³-hybridized carbons (Fsp3) is 0.553. The Bertz CT molecular complexity index is 2170. The standard InChI is InChI=1S/C38H55N11O25/c1-13(52)41-16(6-23(39)53)31(66)46-20(10-29(63)64)35(70)49-21(11-50)36(71)42-14(2-4-25(55)56)30(65)45-19(9-28(61)62)34(69)44-17(7-24(40)54)32(67)48-22(12-51)37(72)47-18(8-27(59)60)33(68)43-15(38(73)74)3-5-26(57)58/h14-22,50-51H,2-12H2,1H3,(H2,39,53)(H2,40,54)(H,41,52)(H,42,71)(H,43,68)(H,44,69)(H,45,65)(H,46,66)(H,47,72)(H,48,67)(H,49,70)(H,55,56)(H,57,58)(H,59,60)(H,61,62)(H,63,64)(H,73,74)/t14-,15-,16-,17-,18-,19-,20-,21-,22-/m1/s1. The highest BCUT2D eigenvalue weighted by Gasteiger charge is 2.37. The largest absolute Gasteiger partial charge is 0.481 e. The van der Waals surface area contributed by atoms with Crippen LogP contribution in [-0.2, 0) is 81.5 Å². The number of amides is 11. The fourth-order valence-corrected chi connectivity index (χ4v) is 5.85. The van der Waals surface area contributed by atoms with Crippen LogP contribution in [0.3, 0.4) is 0 Å². The zero-order valence-electron chi connectivity index (χ0n) is 38.6. The van der Waals surface area contributed by atoms with E-state index < -0.39 is 226 Å². The van der Waals surface area contributed by atoms with Gasteiger partial charge >= 0.3 is 35.8 Å². The minimum absolute atomic E-state index is 0.699. The van der Waals surface area contributed by atoms with Crippen LogP contribution in [-0.4, -0.2) is 209 Å². The summed E-state index contributed by atoms with van der Waals surface area (Å²) in [4.78, 5) is 209. The number of aliphatic carboxylic acids is 6. The van der Waals surface area contributed by atoms with Gasteiger partial charge in [0.05, 0.1) is 45.3 Å². The van der Waals surface area contributed by atoms with Gasteiger partial charge in [0.1, 0.15) is 54.4 Å². The molecule has 0 heterocycles. The molecule has 0 spiro atoms. The highest BCUT2D eigenvalue weighted by atomic mass is 16.4. The van der Waals surface area contributed by atoms with Gasteiger partial charge in [-0.2, -0.15) is 0 Å². The molecule has 0 bridgehead atoms. The second kappa shape index (κ2) is 32.0. The summed E-state index contributed by atoms with van der Waals surface area (Å²) < 4.78 is 0. The zero-order valence-corrected chi connectivity index (χ0v) is 38.6. The third kappa shape index (κ3) is 25.7. The molecule has 0 unspecified atom stereocenters. The number of rotatable bonds is 36. The predicted molar refractivity (Wildman–Crippen MR) is 233 cm³/mol. The van der Waals surface area contributed by atoms with E-state index in [1.807, 2.05) is 47.9 Å². The van der Waals surface area contributed by atoms with Gasteiger partial charge in [-0.15, -0.1) is 0 Å². The number of carbonyl (C=O) groups excluding carboxylic acids is 11. The Morgan fingerprint density at radius 3 is 0.811 bits per heavy atom. The summed E-state index contributed by atoms with van der Waals surface area (Å²) >= 11 is 0. The van der Waals surface area contributed by atoms with Gasteiger partial charge in [-0.1, -0.05) is 0 Å². The van der Waals surface area contributed by atoms with Crippen LogP contribution in [0, 0.1) is 0 Å². The average molecular weight is 1070 g/mol. The molecule has 0 aliphatic rings. The van der Waals surface area contributed by atoms with Crippen molar-refractivity contribution in [1.82, 2.24) is 47.9 Å². The quantitative estimate of drug-likeness (QED) is 0.0277. The van der Waals surface area contributed by atoms with E-state index in [0.29, 0.717) is 0 Å². The van der Waals surface area contributed by atoms with E-state index in [4.69, 9.17) is 16.6 Å². The van der Waals surface area contributed by atoms with Gasteiger partial charge in [-0.3, -0.25) is 76.7 Å². The molecule has 0 aromatic heterocycles. The molecule has 0 fully saturated rings. The Morgan fingerprint density at radius 2 is 0.554 bits per heavy atom. The fourth-order valence-electron chi connectivity index (χ4n) is 5.85. The number of hydrogen-bond acceptors (Lipinski definition) is 19. The molecule has 0 saturated carbocycles. The smallest absolute Gasteiger partial charge is 0.326 e. The Balaban J connectivity index is 6.55. The Hall–Kier alpha value is -9.09. The van der Waals surface area contributed by atoms with E-state index in [1.54, 1.807) is 0 Å². The second-order valence-corrected chi connectivity index (χ2v) is 15.4. The summed E-state index contributed by atoms with van der Waals surface area (Å²) in [5.41, 5.74) is 10.3. The lowest BCUT2D eigenvalue weighted by Crippen LogP contribution is -2.61. The van der Waals surface area contributed by atoms with Crippen LogP contribution < -0.4 is 59.3 Å². The first-order valence-corrected chi connectivity index (χ1v) is 21.1. The topological polar surface area (TPSA) is 612 Å². The third-order valence-corrected chi connectivity index (χ3v) is 9.35. The van der Waals surface area contributed by atoms with Crippen molar-refractivity contribution in [3.63, 3.8) is 0 Å². The van der Waals surface area contributed by atoms with E-state index in [2.05, 4.69) is 0 Å². The lowest BCUT2D eigenvalue weighted by molar-refractivity contribution is -0.145. The molecule has 0 aliphatic heterocycles. The molecule has 9 atom stereocenters. The molecular formula is C38H55N11O25. The minimum atomic E-state index is -2.32. The normalized spacial score (nSPS) is 14.3. The van der Waals surface area contributed by atoms with Crippen LogP contribution >= 0.6 is 0 Å². The summed E-state index contributed by atoms with van der Waals surface area (Å²) in [6.45, 7) is -1.81. The van der Waals surface area contributed by atoms with Gasteiger partial charge in [0.2, 0.25) is 65.0 Å². The minimum Gasteiger partial charge on any atom is -0.481 e. The Morgan fingerprint density at radius 1 is 0.324 bits per heavy atom. The number of carboxylic acids is 6.